The van der Waals surface area contributed by atoms with Crippen LogP contribution in [0.5, 0.6) is 0 Å². The first-order valence-electron chi connectivity index (χ1n) is 7.86. The highest BCUT2D eigenvalue weighted by molar-refractivity contribution is 5.93. The van der Waals surface area contributed by atoms with Crippen LogP contribution in [0, 0.1) is 16.7 Å². The summed E-state index contributed by atoms with van der Waals surface area (Å²) in [5.41, 5.74) is -1.16. The van der Waals surface area contributed by atoms with Gasteiger partial charge in [0.25, 0.3) is 0 Å². The molecule has 1 saturated heterocycles. The van der Waals surface area contributed by atoms with Gasteiger partial charge in [0.2, 0.25) is 11.8 Å². The maximum atomic E-state index is 12.7. The molecule has 1 N–H and O–H groups in total. The summed E-state index contributed by atoms with van der Waals surface area (Å²) in [6, 6.07) is 0. The molecule has 1 heterocycles. The van der Waals surface area contributed by atoms with E-state index in [1.165, 1.54) is 14.0 Å². The van der Waals surface area contributed by atoms with Crippen molar-refractivity contribution in [3.8, 4) is 0 Å². The number of amides is 2. The van der Waals surface area contributed by atoms with Gasteiger partial charge in [-0.3, -0.25) is 9.59 Å². The number of esters is 1. The summed E-state index contributed by atoms with van der Waals surface area (Å²) in [5.74, 6) is -0.293. The highest BCUT2D eigenvalue weighted by atomic mass is 16.5. The predicted octanol–water partition coefficient (Wildman–Crippen LogP) is 0.703. The molecule has 3 fully saturated rings. The standard InChI is InChI=1S/C16H24N2O4/c1-10(19)17-8-12(20)18-9-14(2)11-5-6-15(14,3)16(18,7-11)13(21)22-4/h11H,5-9H2,1-4H3,(H,17,19). The van der Waals surface area contributed by atoms with Gasteiger partial charge in [0, 0.05) is 18.9 Å². The fourth-order valence-electron chi connectivity index (χ4n) is 5.47. The van der Waals surface area contributed by atoms with E-state index in [1.54, 1.807) is 4.90 Å². The molecule has 0 aromatic heterocycles. The van der Waals surface area contributed by atoms with Crippen molar-refractivity contribution in [1.29, 1.82) is 0 Å². The molecular weight excluding hydrogens is 284 g/mol. The quantitative estimate of drug-likeness (QED) is 0.779. The van der Waals surface area contributed by atoms with Crippen LogP contribution in [0.3, 0.4) is 0 Å². The molecular formula is C16H24N2O4. The highest BCUT2D eigenvalue weighted by Crippen LogP contribution is 2.75. The van der Waals surface area contributed by atoms with E-state index in [1.807, 2.05) is 0 Å². The number of carbonyl (C=O) groups excluding carboxylic acids is 3. The lowest BCUT2D eigenvalue weighted by Gasteiger charge is -2.45. The molecule has 0 aromatic rings. The lowest BCUT2D eigenvalue weighted by atomic mass is 9.65. The van der Waals surface area contributed by atoms with Crippen LogP contribution in [0.2, 0.25) is 0 Å². The molecule has 122 valence electrons. The molecule has 2 amide bonds. The summed E-state index contributed by atoms with van der Waals surface area (Å²) in [7, 11) is 1.39. The van der Waals surface area contributed by atoms with Gasteiger partial charge in [0.1, 0.15) is 5.54 Å². The number of nitrogens with one attached hydrogen (secondary N) is 1. The van der Waals surface area contributed by atoms with Crippen LogP contribution in [0.4, 0.5) is 0 Å². The molecule has 2 saturated carbocycles. The second-order valence-corrected chi connectivity index (χ2v) is 7.43. The Morgan fingerprint density at radius 1 is 1.32 bits per heavy atom. The number of nitrogens with zero attached hydrogens (tertiary/aromatic N) is 1. The normalized spacial score (nSPS) is 41.6. The number of hydrogen-bond acceptors (Lipinski definition) is 4. The van der Waals surface area contributed by atoms with Gasteiger partial charge >= 0.3 is 5.97 Å². The Hall–Kier alpha value is -1.59. The second kappa shape index (κ2) is 4.46. The third-order valence-corrected chi connectivity index (χ3v) is 6.87. The fraction of sp³-hybridized carbons (Fsp3) is 0.812. The number of hydrogen-bond donors (Lipinski definition) is 1. The summed E-state index contributed by atoms with van der Waals surface area (Å²) < 4.78 is 5.10. The van der Waals surface area contributed by atoms with Crippen molar-refractivity contribution in [2.45, 2.75) is 45.6 Å². The Balaban J connectivity index is 1.98. The molecule has 2 aliphatic carbocycles. The number of piperidine rings is 1. The first-order valence-corrected chi connectivity index (χ1v) is 7.86. The highest BCUT2D eigenvalue weighted by Gasteiger charge is 2.81. The maximum Gasteiger partial charge on any atom is 0.332 e. The van der Waals surface area contributed by atoms with Gasteiger partial charge in [-0.25, -0.2) is 4.79 Å². The van der Waals surface area contributed by atoms with Crippen LogP contribution in [0.15, 0.2) is 0 Å². The zero-order valence-electron chi connectivity index (χ0n) is 13.7. The maximum absolute atomic E-state index is 12.7. The first-order chi connectivity index (χ1) is 10.2. The van der Waals surface area contributed by atoms with Crippen LogP contribution < -0.4 is 5.32 Å². The summed E-state index contributed by atoms with van der Waals surface area (Å²) in [4.78, 5) is 38.1. The largest absolute Gasteiger partial charge is 0.467 e. The third kappa shape index (κ3) is 1.48. The molecule has 3 rings (SSSR count). The number of rotatable bonds is 3. The van der Waals surface area contributed by atoms with E-state index in [0.29, 0.717) is 18.9 Å². The number of likely N-dealkylation sites (tertiary alicyclic amines) is 1. The summed E-state index contributed by atoms with van der Waals surface area (Å²) >= 11 is 0. The van der Waals surface area contributed by atoms with Crippen LogP contribution in [-0.4, -0.2) is 48.4 Å². The van der Waals surface area contributed by atoms with Gasteiger partial charge in [-0.1, -0.05) is 13.8 Å². The van der Waals surface area contributed by atoms with E-state index in [4.69, 9.17) is 4.74 Å². The molecule has 4 atom stereocenters. The Morgan fingerprint density at radius 3 is 2.55 bits per heavy atom. The van der Waals surface area contributed by atoms with Gasteiger partial charge in [-0.2, -0.15) is 0 Å². The minimum atomic E-state index is -0.866. The van der Waals surface area contributed by atoms with E-state index >= 15 is 0 Å². The van der Waals surface area contributed by atoms with Gasteiger partial charge < -0.3 is 15.0 Å². The average molecular weight is 308 g/mol. The van der Waals surface area contributed by atoms with Gasteiger partial charge in [0.05, 0.1) is 13.7 Å². The Morgan fingerprint density at radius 2 is 2.00 bits per heavy atom. The van der Waals surface area contributed by atoms with E-state index in [-0.39, 0.29) is 35.2 Å². The smallest absolute Gasteiger partial charge is 0.332 e. The lowest BCUT2D eigenvalue weighted by Crippen LogP contribution is -2.62. The Kier molecular flexibility index (Phi) is 3.10. The second-order valence-electron chi connectivity index (χ2n) is 7.43. The van der Waals surface area contributed by atoms with Crippen molar-refractivity contribution >= 4 is 17.8 Å². The molecule has 6 nitrogen and oxygen atoms in total. The Labute approximate surface area is 130 Å². The minimum absolute atomic E-state index is 0.0485. The number of methoxy groups -OCH3 is 1. The predicted molar refractivity (Wildman–Crippen MR) is 78.7 cm³/mol. The molecule has 0 radical (unpaired) electrons. The van der Waals surface area contributed by atoms with E-state index in [9.17, 15) is 14.4 Å². The minimum Gasteiger partial charge on any atom is -0.467 e. The molecule has 3 aliphatic rings. The molecule has 6 heteroatoms. The third-order valence-electron chi connectivity index (χ3n) is 6.87. The lowest BCUT2D eigenvalue weighted by molar-refractivity contribution is -0.167. The number of ether oxygens (including phenoxy) is 1. The van der Waals surface area contributed by atoms with Crippen LogP contribution in [0.25, 0.3) is 0 Å². The fourth-order valence-corrected chi connectivity index (χ4v) is 5.47. The molecule has 1 aliphatic heterocycles. The zero-order chi connectivity index (χ0) is 16.3. The van der Waals surface area contributed by atoms with Crippen LogP contribution in [-0.2, 0) is 19.1 Å². The Bertz CT molecular complexity index is 562. The van der Waals surface area contributed by atoms with E-state index in [0.717, 1.165) is 12.8 Å². The summed E-state index contributed by atoms with van der Waals surface area (Å²) in [5, 5.41) is 2.54. The van der Waals surface area contributed by atoms with Crippen LogP contribution >= 0.6 is 0 Å². The average Bonchev–Trinajstić information content (AvgIpc) is 2.93. The SMILES string of the molecule is COC(=O)C12CC3CCC1(C)C3(C)CN2C(=O)CNC(C)=O. The molecule has 4 bridgehead atoms. The van der Waals surface area contributed by atoms with Crippen molar-refractivity contribution in [3.63, 3.8) is 0 Å². The van der Waals surface area contributed by atoms with Gasteiger partial charge in [-0.15, -0.1) is 0 Å². The van der Waals surface area contributed by atoms with Gasteiger partial charge in [0.15, 0.2) is 0 Å². The van der Waals surface area contributed by atoms with E-state index in [2.05, 4.69) is 19.2 Å². The van der Waals surface area contributed by atoms with Crippen molar-refractivity contribution in [2.24, 2.45) is 16.7 Å². The number of carbonyl (C=O) groups is 3. The van der Waals surface area contributed by atoms with Crippen molar-refractivity contribution in [3.05, 3.63) is 0 Å². The first kappa shape index (κ1) is 15.3. The topological polar surface area (TPSA) is 75.7 Å². The summed E-state index contributed by atoms with van der Waals surface area (Å²) in [6.45, 7) is 6.21. The van der Waals surface area contributed by atoms with Crippen molar-refractivity contribution in [2.75, 3.05) is 20.2 Å². The summed E-state index contributed by atoms with van der Waals surface area (Å²) in [6.07, 6.45) is 2.73. The molecule has 4 unspecified atom stereocenters. The van der Waals surface area contributed by atoms with Crippen molar-refractivity contribution < 1.29 is 19.1 Å². The monoisotopic (exact) mass is 308 g/mol. The van der Waals surface area contributed by atoms with Crippen LogP contribution in [0.1, 0.15) is 40.0 Å². The van der Waals surface area contributed by atoms with Gasteiger partial charge in [-0.05, 0) is 30.6 Å². The zero-order valence-corrected chi connectivity index (χ0v) is 13.7. The van der Waals surface area contributed by atoms with E-state index < -0.39 is 5.54 Å². The molecule has 0 spiro atoms. The van der Waals surface area contributed by atoms with Crippen molar-refractivity contribution in [1.82, 2.24) is 10.2 Å². The molecule has 22 heavy (non-hydrogen) atoms. The molecule has 0 aromatic carbocycles.